The van der Waals surface area contributed by atoms with E-state index >= 15 is 0 Å². The van der Waals surface area contributed by atoms with Crippen molar-refractivity contribution in [3.63, 3.8) is 0 Å². The van der Waals surface area contributed by atoms with Gasteiger partial charge in [-0.3, -0.25) is 4.79 Å². The lowest BCUT2D eigenvalue weighted by atomic mass is 10.1. The molecule has 3 aromatic carbocycles. The van der Waals surface area contributed by atoms with Crippen LogP contribution in [0.4, 0.5) is 5.69 Å². The molecule has 33 heavy (non-hydrogen) atoms. The Morgan fingerprint density at radius 1 is 0.970 bits per heavy atom. The number of anilines is 1. The molecule has 1 aliphatic rings. The molecule has 0 radical (unpaired) electrons. The Bertz CT molecular complexity index is 1320. The van der Waals surface area contributed by atoms with Gasteiger partial charge in [0.25, 0.3) is 0 Å². The molecule has 0 bridgehead atoms. The second-order valence-corrected chi connectivity index (χ2v) is 8.97. The largest absolute Gasteiger partial charge is 0.492 e. The molecule has 5 rings (SSSR count). The highest BCUT2D eigenvalue weighted by Gasteiger charge is 2.35. The van der Waals surface area contributed by atoms with Crippen LogP contribution >= 0.6 is 0 Å². The van der Waals surface area contributed by atoms with E-state index in [1.54, 1.807) is 0 Å². The number of aryl methyl sites for hydroxylation is 3. The molecule has 0 saturated carbocycles. The Morgan fingerprint density at radius 3 is 2.61 bits per heavy atom. The maximum atomic E-state index is 13.0. The van der Waals surface area contributed by atoms with Crippen molar-refractivity contribution in [2.75, 3.05) is 18.1 Å². The number of imidazole rings is 1. The number of ether oxygens (including phenoxy) is 1. The molecule has 0 spiro atoms. The summed E-state index contributed by atoms with van der Waals surface area (Å²) in [6, 6.07) is 22.5. The summed E-state index contributed by atoms with van der Waals surface area (Å²) >= 11 is 0. The van der Waals surface area contributed by atoms with Crippen LogP contribution in [0.5, 0.6) is 5.75 Å². The van der Waals surface area contributed by atoms with Crippen LogP contribution in [0.15, 0.2) is 66.7 Å². The molecule has 1 amide bonds. The fourth-order valence-electron chi connectivity index (χ4n) is 4.82. The highest BCUT2D eigenvalue weighted by molar-refractivity contribution is 5.97. The number of aromatic nitrogens is 2. The lowest BCUT2D eigenvalue weighted by Crippen LogP contribution is -2.25. The SMILES string of the molecule is Cc1cccc(OCCn2c([C@@H]3CC(=O)N(c4ccc(C)cc4C)C3)nc3ccccc32)c1. The second-order valence-electron chi connectivity index (χ2n) is 8.97. The monoisotopic (exact) mass is 439 g/mol. The number of amides is 1. The molecule has 2 heterocycles. The summed E-state index contributed by atoms with van der Waals surface area (Å²) in [6.45, 7) is 8.07. The van der Waals surface area contributed by atoms with Gasteiger partial charge in [-0.25, -0.2) is 4.98 Å². The second kappa shape index (κ2) is 8.74. The van der Waals surface area contributed by atoms with Gasteiger partial charge in [-0.15, -0.1) is 0 Å². The predicted molar refractivity (Wildman–Crippen MR) is 132 cm³/mol. The van der Waals surface area contributed by atoms with Crippen molar-refractivity contribution in [1.29, 1.82) is 0 Å². The van der Waals surface area contributed by atoms with E-state index in [4.69, 9.17) is 9.72 Å². The van der Waals surface area contributed by atoms with Crippen LogP contribution in [0, 0.1) is 20.8 Å². The molecule has 1 saturated heterocycles. The normalized spacial score (nSPS) is 16.0. The number of nitrogens with zero attached hydrogens (tertiary/aromatic N) is 3. The van der Waals surface area contributed by atoms with Gasteiger partial charge in [0.05, 0.1) is 17.6 Å². The van der Waals surface area contributed by atoms with E-state index in [1.807, 2.05) is 41.3 Å². The summed E-state index contributed by atoms with van der Waals surface area (Å²) < 4.78 is 8.27. The number of hydrogen-bond donors (Lipinski definition) is 0. The molecule has 1 aliphatic heterocycles. The maximum absolute atomic E-state index is 13.0. The molecule has 0 aliphatic carbocycles. The standard InChI is InChI=1S/C28H29N3O2/c1-19-7-6-8-23(16-19)33-14-13-30-26-10-5-4-9-24(26)29-28(30)22-17-27(32)31(18-22)25-12-11-20(2)15-21(25)3/h4-12,15-16,22H,13-14,17-18H2,1-3H3/t22-/m1/s1. The van der Waals surface area contributed by atoms with E-state index in [9.17, 15) is 4.79 Å². The van der Waals surface area contributed by atoms with Crippen molar-refractivity contribution in [2.24, 2.45) is 0 Å². The Morgan fingerprint density at radius 2 is 1.79 bits per heavy atom. The van der Waals surface area contributed by atoms with Gasteiger partial charge >= 0.3 is 0 Å². The highest BCUT2D eigenvalue weighted by Crippen LogP contribution is 2.34. The molecule has 4 aromatic rings. The minimum Gasteiger partial charge on any atom is -0.492 e. The molecule has 1 aromatic heterocycles. The van der Waals surface area contributed by atoms with Gasteiger partial charge < -0.3 is 14.2 Å². The van der Waals surface area contributed by atoms with E-state index in [-0.39, 0.29) is 11.8 Å². The number of fused-ring (bicyclic) bond motifs is 1. The molecule has 1 fully saturated rings. The van der Waals surface area contributed by atoms with Crippen LogP contribution in [0.2, 0.25) is 0 Å². The summed E-state index contributed by atoms with van der Waals surface area (Å²) in [5, 5.41) is 0. The summed E-state index contributed by atoms with van der Waals surface area (Å²) in [6.07, 6.45) is 0.468. The first-order chi connectivity index (χ1) is 16.0. The van der Waals surface area contributed by atoms with Crippen molar-refractivity contribution in [1.82, 2.24) is 9.55 Å². The topological polar surface area (TPSA) is 47.4 Å². The van der Waals surface area contributed by atoms with Gasteiger partial charge in [-0.05, 0) is 62.2 Å². The van der Waals surface area contributed by atoms with Crippen molar-refractivity contribution in [2.45, 2.75) is 39.7 Å². The van der Waals surface area contributed by atoms with E-state index < -0.39 is 0 Å². The van der Waals surface area contributed by atoms with Gasteiger partial charge in [0.1, 0.15) is 18.2 Å². The van der Waals surface area contributed by atoms with Gasteiger partial charge in [-0.1, -0.05) is 42.0 Å². The fraction of sp³-hybridized carbons (Fsp3) is 0.286. The maximum Gasteiger partial charge on any atom is 0.227 e. The number of carbonyl (C=O) groups is 1. The van der Waals surface area contributed by atoms with Crippen LogP contribution in [0.25, 0.3) is 11.0 Å². The zero-order valence-electron chi connectivity index (χ0n) is 19.4. The lowest BCUT2D eigenvalue weighted by molar-refractivity contribution is -0.117. The minimum absolute atomic E-state index is 0.0459. The summed E-state index contributed by atoms with van der Waals surface area (Å²) in [4.78, 5) is 19.9. The quantitative estimate of drug-likeness (QED) is 0.395. The third kappa shape index (κ3) is 4.23. The first-order valence-corrected chi connectivity index (χ1v) is 11.5. The van der Waals surface area contributed by atoms with E-state index in [0.717, 1.165) is 33.9 Å². The highest BCUT2D eigenvalue weighted by atomic mass is 16.5. The third-order valence-electron chi connectivity index (χ3n) is 6.39. The number of rotatable bonds is 6. The summed E-state index contributed by atoms with van der Waals surface area (Å²) in [5.41, 5.74) is 6.55. The zero-order valence-corrected chi connectivity index (χ0v) is 19.4. The molecule has 168 valence electrons. The van der Waals surface area contributed by atoms with Crippen LogP contribution in [0.1, 0.15) is 34.9 Å². The van der Waals surface area contributed by atoms with Crippen LogP contribution in [-0.2, 0) is 11.3 Å². The van der Waals surface area contributed by atoms with Crippen molar-refractivity contribution in [3.05, 3.63) is 89.2 Å². The van der Waals surface area contributed by atoms with Gasteiger partial charge in [-0.2, -0.15) is 0 Å². The van der Waals surface area contributed by atoms with Crippen molar-refractivity contribution < 1.29 is 9.53 Å². The third-order valence-corrected chi connectivity index (χ3v) is 6.39. The fourth-order valence-corrected chi connectivity index (χ4v) is 4.82. The predicted octanol–water partition coefficient (Wildman–Crippen LogP) is 5.56. The zero-order chi connectivity index (χ0) is 22.9. The summed E-state index contributed by atoms with van der Waals surface area (Å²) in [5.74, 6) is 2.04. The Labute approximate surface area is 194 Å². The average molecular weight is 440 g/mol. The van der Waals surface area contributed by atoms with Crippen LogP contribution in [0.3, 0.4) is 0 Å². The van der Waals surface area contributed by atoms with E-state index in [1.165, 1.54) is 11.1 Å². The minimum atomic E-state index is 0.0459. The Balaban J connectivity index is 1.41. The number of carbonyl (C=O) groups excluding carboxylic acids is 1. The van der Waals surface area contributed by atoms with Crippen LogP contribution < -0.4 is 9.64 Å². The molecule has 5 nitrogen and oxygen atoms in total. The molecular formula is C28H29N3O2. The average Bonchev–Trinajstić information content (AvgIpc) is 3.35. The van der Waals surface area contributed by atoms with E-state index in [2.05, 4.69) is 55.7 Å². The number of benzene rings is 3. The summed E-state index contributed by atoms with van der Waals surface area (Å²) in [7, 11) is 0. The smallest absolute Gasteiger partial charge is 0.227 e. The molecule has 0 unspecified atom stereocenters. The van der Waals surface area contributed by atoms with Gasteiger partial charge in [0.15, 0.2) is 0 Å². The molecule has 0 N–H and O–H groups in total. The Hall–Kier alpha value is -3.60. The molecule has 5 heteroatoms. The van der Waals surface area contributed by atoms with Crippen LogP contribution in [-0.4, -0.2) is 28.6 Å². The van der Waals surface area contributed by atoms with Gasteiger partial charge in [0.2, 0.25) is 5.91 Å². The first kappa shape index (κ1) is 21.3. The van der Waals surface area contributed by atoms with E-state index in [0.29, 0.717) is 26.1 Å². The van der Waals surface area contributed by atoms with Crippen molar-refractivity contribution in [3.8, 4) is 5.75 Å². The van der Waals surface area contributed by atoms with Crippen molar-refractivity contribution >= 4 is 22.6 Å². The lowest BCUT2D eigenvalue weighted by Gasteiger charge is -2.20. The molecule has 1 atom stereocenters. The van der Waals surface area contributed by atoms with Gasteiger partial charge in [0, 0.05) is 24.6 Å². The number of hydrogen-bond acceptors (Lipinski definition) is 3. The molecular weight excluding hydrogens is 410 g/mol. The Kier molecular flexibility index (Phi) is 5.63. The first-order valence-electron chi connectivity index (χ1n) is 11.5. The number of para-hydroxylation sites is 2.